The molecular weight excluding hydrogens is 441 g/mol. The fourth-order valence-corrected chi connectivity index (χ4v) is 4.63. The number of aliphatic hydroxyl groups is 3. The highest BCUT2D eigenvalue weighted by molar-refractivity contribution is 7.98. The van der Waals surface area contributed by atoms with E-state index in [1.54, 1.807) is 12.1 Å². The van der Waals surface area contributed by atoms with Crippen LogP contribution >= 0.6 is 35.0 Å². The Morgan fingerprint density at radius 2 is 2.00 bits per heavy atom. The molecule has 3 heterocycles. The maximum atomic E-state index is 10.3. The first-order chi connectivity index (χ1) is 13.9. The van der Waals surface area contributed by atoms with Gasteiger partial charge in [0.1, 0.15) is 28.9 Å². The van der Waals surface area contributed by atoms with Gasteiger partial charge in [-0.3, -0.25) is 4.57 Å². The molecular formula is C17H17Cl2N5O4S. The number of halogens is 2. The lowest BCUT2D eigenvalue weighted by Gasteiger charge is -2.16. The zero-order chi connectivity index (χ0) is 20.7. The third-order valence-electron chi connectivity index (χ3n) is 4.58. The highest BCUT2D eigenvalue weighted by atomic mass is 35.5. The van der Waals surface area contributed by atoms with Gasteiger partial charge in [-0.1, -0.05) is 41.0 Å². The van der Waals surface area contributed by atoms with Crippen molar-refractivity contribution < 1.29 is 20.1 Å². The molecule has 0 aliphatic carbocycles. The van der Waals surface area contributed by atoms with Crippen molar-refractivity contribution in [2.24, 2.45) is 0 Å². The minimum Gasteiger partial charge on any atom is -0.394 e. The molecule has 9 nitrogen and oxygen atoms in total. The van der Waals surface area contributed by atoms with Crippen molar-refractivity contribution in [1.29, 1.82) is 0 Å². The van der Waals surface area contributed by atoms with Gasteiger partial charge in [0.15, 0.2) is 11.9 Å². The minimum absolute atomic E-state index is 0.0238. The molecule has 0 bridgehead atoms. The summed E-state index contributed by atoms with van der Waals surface area (Å²) in [5.74, 6) is 0.526. The number of thioether (sulfide) groups is 1. The lowest BCUT2D eigenvalue weighted by molar-refractivity contribution is -0.0511. The fourth-order valence-electron chi connectivity index (χ4n) is 3.09. The predicted octanol–water partition coefficient (Wildman–Crippen LogP) is 1.62. The van der Waals surface area contributed by atoms with E-state index in [-0.39, 0.29) is 5.95 Å². The number of benzene rings is 1. The van der Waals surface area contributed by atoms with Crippen LogP contribution in [0.25, 0.3) is 11.2 Å². The van der Waals surface area contributed by atoms with Crippen LogP contribution in [-0.2, 0) is 10.5 Å². The van der Waals surface area contributed by atoms with Gasteiger partial charge in [0.25, 0.3) is 0 Å². The molecule has 4 rings (SSSR count). The van der Waals surface area contributed by atoms with Crippen LogP contribution in [0.3, 0.4) is 0 Å². The Morgan fingerprint density at radius 3 is 2.69 bits per heavy atom. The summed E-state index contributed by atoms with van der Waals surface area (Å²) in [6, 6.07) is 5.25. The molecule has 1 aromatic carbocycles. The maximum absolute atomic E-state index is 10.3. The van der Waals surface area contributed by atoms with Crippen molar-refractivity contribution in [3.8, 4) is 0 Å². The summed E-state index contributed by atoms with van der Waals surface area (Å²) < 4.78 is 7.03. The molecule has 4 atom stereocenters. The first kappa shape index (κ1) is 20.6. The van der Waals surface area contributed by atoms with Crippen molar-refractivity contribution in [3.05, 3.63) is 40.1 Å². The van der Waals surface area contributed by atoms with Gasteiger partial charge in [0.05, 0.1) is 12.9 Å². The molecule has 1 aliphatic heterocycles. The topological polar surface area (TPSA) is 140 Å². The average Bonchev–Trinajstić information content (AvgIpc) is 3.22. The minimum atomic E-state index is -1.26. The predicted molar refractivity (Wildman–Crippen MR) is 109 cm³/mol. The number of hydrogen-bond acceptors (Lipinski definition) is 9. The number of hydrogen-bond donors (Lipinski definition) is 4. The second-order valence-corrected chi connectivity index (χ2v) is 8.27. The molecule has 0 amide bonds. The molecule has 1 saturated heterocycles. The van der Waals surface area contributed by atoms with Crippen LogP contribution in [0.2, 0.25) is 10.0 Å². The smallest absolute Gasteiger partial charge is 0.223 e. The number of imidazole rings is 1. The Morgan fingerprint density at radius 1 is 1.21 bits per heavy atom. The number of ether oxygens (including phenoxy) is 1. The molecule has 0 radical (unpaired) electrons. The van der Waals surface area contributed by atoms with E-state index in [2.05, 4.69) is 15.0 Å². The zero-order valence-corrected chi connectivity index (χ0v) is 17.1. The maximum Gasteiger partial charge on any atom is 0.223 e. The Balaban J connectivity index is 1.65. The van der Waals surface area contributed by atoms with E-state index in [1.165, 1.54) is 22.7 Å². The summed E-state index contributed by atoms with van der Waals surface area (Å²) in [5.41, 5.74) is 7.55. The molecule has 12 heteroatoms. The first-order valence-electron chi connectivity index (χ1n) is 8.58. The summed E-state index contributed by atoms with van der Waals surface area (Å²) in [6.45, 7) is -0.429. The van der Waals surface area contributed by atoms with E-state index in [1.807, 2.05) is 6.07 Å². The highest BCUT2D eigenvalue weighted by Gasteiger charge is 2.44. The Kier molecular flexibility index (Phi) is 5.85. The molecule has 0 saturated carbocycles. The Labute approximate surface area is 179 Å². The summed E-state index contributed by atoms with van der Waals surface area (Å²) >= 11 is 13.5. The number of aromatic nitrogens is 4. The van der Waals surface area contributed by atoms with Crippen LogP contribution in [0.1, 0.15) is 11.8 Å². The van der Waals surface area contributed by atoms with Crippen molar-refractivity contribution in [2.75, 3.05) is 12.3 Å². The van der Waals surface area contributed by atoms with E-state index >= 15 is 0 Å². The number of nitrogen functional groups attached to an aromatic ring is 1. The standard InChI is InChI=1S/C17H17Cl2N5O4S/c18-8-2-1-7(9(19)3-8)5-29-15-11-14(22-17(20)23-15)24(6-21-11)16-13(27)12(26)10(4-25)28-16/h1-3,6,10,12-13,16,25-27H,4-5H2,(H2,20,22,23)/t10-,12+,13+,16-/m0/s1. The number of nitrogens with zero attached hydrogens (tertiary/aromatic N) is 4. The van der Waals surface area contributed by atoms with E-state index in [0.717, 1.165) is 5.56 Å². The first-order valence-corrected chi connectivity index (χ1v) is 10.3. The van der Waals surface area contributed by atoms with Crippen LogP contribution < -0.4 is 5.73 Å². The van der Waals surface area contributed by atoms with Crippen molar-refractivity contribution >= 4 is 52.1 Å². The second kappa shape index (κ2) is 8.23. The van der Waals surface area contributed by atoms with E-state index in [4.69, 9.17) is 33.7 Å². The Hall–Kier alpha value is -1.66. The molecule has 0 unspecified atom stereocenters. The van der Waals surface area contributed by atoms with Crippen molar-refractivity contribution in [1.82, 2.24) is 19.5 Å². The van der Waals surface area contributed by atoms with Crippen LogP contribution in [0.5, 0.6) is 0 Å². The van der Waals surface area contributed by atoms with Gasteiger partial charge in [0, 0.05) is 15.8 Å². The van der Waals surface area contributed by atoms with Gasteiger partial charge < -0.3 is 25.8 Å². The van der Waals surface area contributed by atoms with Gasteiger partial charge in [-0.2, -0.15) is 4.98 Å². The molecule has 2 aromatic heterocycles. The number of rotatable bonds is 5. The molecule has 5 N–H and O–H groups in total. The van der Waals surface area contributed by atoms with Crippen LogP contribution in [0.4, 0.5) is 5.95 Å². The highest BCUT2D eigenvalue weighted by Crippen LogP contribution is 2.35. The number of fused-ring (bicyclic) bond motifs is 1. The second-order valence-electron chi connectivity index (χ2n) is 6.46. The normalized spacial score (nSPS) is 24.4. The van der Waals surface area contributed by atoms with E-state index in [9.17, 15) is 15.3 Å². The summed E-state index contributed by atoms with van der Waals surface area (Å²) in [6.07, 6.45) is -2.94. The Bertz CT molecular complexity index is 1050. The van der Waals surface area contributed by atoms with Gasteiger partial charge in [0.2, 0.25) is 5.95 Å². The molecule has 29 heavy (non-hydrogen) atoms. The summed E-state index contributed by atoms with van der Waals surface area (Å²) in [5, 5.41) is 31.2. The van der Waals surface area contributed by atoms with Crippen molar-refractivity contribution in [3.63, 3.8) is 0 Å². The number of aliphatic hydroxyl groups excluding tert-OH is 3. The van der Waals surface area contributed by atoms with E-state index < -0.39 is 31.1 Å². The number of nitrogens with two attached hydrogens (primary N) is 1. The third kappa shape index (κ3) is 3.89. The quantitative estimate of drug-likeness (QED) is 0.332. The van der Waals surface area contributed by atoms with Crippen LogP contribution in [-0.4, -0.2) is 59.8 Å². The third-order valence-corrected chi connectivity index (χ3v) is 6.18. The molecule has 3 aromatic rings. The van der Waals surface area contributed by atoms with E-state index in [0.29, 0.717) is 32.0 Å². The average molecular weight is 458 g/mol. The molecule has 154 valence electrons. The summed E-state index contributed by atoms with van der Waals surface area (Å²) in [4.78, 5) is 12.8. The SMILES string of the molecule is Nc1nc(SCc2ccc(Cl)cc2Cl)c2ncn([C@H]3O[C@@H](CO)[C@@H](O)[C@H]3O)c2n1. The molecule has 0 spiro atoms. The van der Waals surface area contributed by atoms with Gasteiger partial charge in [-0.05, 0) is 17.7 Å². The number of anilines is 1. The monoisotopic (exact) mass is 457 g/mol. The molecule has 1 fully saturated rings. The van der Waals surface area contributed by atoms with Gasteiger partial charge >= 0.3 is 0 Å². The lowest BCUT2D eigenvalue weighted by atomic mass is 10.1. The fraction of sp³-hybridized carbons (Fsp3) is 0.353. The zero-order valence-electron chi connectivity index (χ0n) is 14.8. The van der Waals surface area contributed by atoms with Gasteiger partial charge in [-0.15, -0.1) is 0 Å². The largest absolute Gasteiger partial charge is 0.394 e. The van der Waals surface area contributed by atoms with Crippen LogP contribution in [0, 0.1) is 0 Å². The van der Waals surface area contributed by atoms with Crippen molar-refractivity contribution in [2.45, 2.75) is 35.3 Å². The van der Waals surface area contributed by atoms with Gasteiger partial charge in [-0.25, -0.2) is 9.97 Å². The molecule has 1 aliphatic rings. The summed E-state index contributed by atoms with van der Waals surface area (Å²) in [7, 11) is 0. The lowest BCUT2D eigenvalue weighted by Crippen LogP contribution is -2.33. The van der Waals surface area contributed by atoms with Crippen LogP contribution in [0.15, 0.2) is 29.6 Å².